The van der Waals surface area contributed by atoms with Crippen LogP contribution in [0.5, 0.6) is 0 Å². The second-order valence-electron chi connectivity index (χ2n) is 5.01. The van der Waals surface area contributed by atoms with Crippen LogP contribution in [0.4, 0.5) is 5.69 Å². The second-order valence-corrected chi connectivity index (χ2v) is 5.01. The minimum absolute atomic E-state index is 0.00999. The van der Waals surface area contributed by atoms with E-state index in [1.165, 1.54) is 7.11 Å². The Labute approximate surface area is 112 Å². The van der Waals surface area contributed by atoms with Crippen molar-refractivity contribution in [2.45, 2.75) is 19.4 Å². The Kier molecular flexibility index (Phi) is 3.46. The smallest absolute Gasteiger partial charge is 0.337 e. The molecule has 1 saturated heterocycles. The van der Waals surface area contributed by atoms with Crippen molar-refractivity contribution in [2.24, 2.45) is 0 Å². The summed E-state index contributed by atoms with van der Waals surface area (Å²) in [6.07, 6.45) is 0. The monoisotopic (exact) mass is 262 g/mol. The van der Waals surface area contributed by atoms with E-state index in [0.717, 1.165) is 12.2 Å². The molecule has 1 fully saturated rings. The number of hydrogen-bond acceptors (Lipinski definition) is 4. The molecule has 0 saturated carbocycles. The number of rotatable bonds is 2. The Morgan fingerprint density at radius 3 is 2.53 bits per heavy atom. The molecule has 1 aliphatic heterocycles. The van der Waals surface area contributed by atoms with Crippen LogP contribution in [0.3, 0.4) is 0 Å². The number of amides is 1. The number of hydrogen-bond donors (Lipinski definition) is 1. The Morgan fingerprint density at radius 2 is 1.95 bits per heavy atom. The van der Waals surface area contributed by atoms with Crippen molar-refractivity contribution >= 4 is 17.6 Å². The van der Waals surface area contributed by atoms with Crippen LogP contribution in [0.1, 0.15) is 24.2 Å². The number of anilines is 1. The van der Waals surface area contributed by atoms with E-state index < -0.39 is 5.54 Å². The van der Waals surface area contributed by atoms with Gasteiger partial charge in [0.25, 0.3) is 0 Å². The zero-order valence-corrected chi connectivity index (χ0v) is 11.4. The second kappa shape index (κ2) is 4.91. The highest BCUT2D eigenvalue weighted by molar-refractivity contribution is 5.92. The summed E-state index contributed by atoms with van der Waals surface area (Å²) in [7, 11) is 1.36. The Balaban J connectivity index is 2.26. The molecule has 1 aromatic rings. The summed E-state index contributed by atoms with van der Waals surface area (Å²) >= 11 is 0. The third-order valence-corrected chi connectivity index (χ3v) is 3.45. The summed E-state index contributed by atoms with van der Waals surface area (Å²) in [4.78, 5) is 25.3. The van der Waals surface area contributed by atoms with Gasteiger partial charge >= 0.3 is 5.97 Å². The molecule has 0 bridgehead atoms. The maximum absolute atomic E-state index is 11.9. The number of nitrogens with one attached hydrogen (secondary N) is 1. The van der Waals surface area contributed by atoms with Gasteiger partial charge in [-0.3, -0.25) is 4.79 Å². The van der Waals surface area contributed by atoms with Crippen molar-refractivity contribution in [2.75, 3.05) is 25.1 Å². The molecule has 0 radical (unpaired) electrons. The molecular formula is C14H18N2O3. The van der Waals surface area contributed by atoms with Gasteiger partial charge in [0.05, 0.1) is 12.7 Å². The number of piperazine rings is 1. The third kappa shape index (κ3) is 2.41. The average Bonchev–Trinajstić information content (AvgIpc) is 2.41. The minimum Gasteiger partial charge on any atom is -0.465 e. The van der Waals surface area contributed by atoms with E-state index in [4.69, 9.17) is 0 Å². The van der Waals surface area contributed by atoms with Gasteiger partial charge in [-0.25, -0.2) is 4.79 Å². The lowest BCUT2D eigenvalue weighted by molar-refractivity contribution is -0.126. The molecule has 0 aliphatic carbocycles. The van der Waals surface area contributed by atoms with Crippen molar-refractivity contribution < 1.29 is 14.3 Å². The lowest BCUT2D eigenvalue weighted by Crippen LogP contribution is -2.62. The largest absolute Gasteiger partial charge is 0.465 e. The highest BCUT2D eigenvalue weighted by Gasteiger charge is 2.37. The summed E-state index contributed by atoms with van der Waals surface area (Å²) in [6, 6.07) is 7.10. The van der Waals surface area contributed by atoms with Crippen LogP contribution < -0.4 is 10.2 Å². The zero-order valence-electron chi connectivity index (χ0n) is 11.4. The van der Waals surface area contributed by atoms with Crippen molar-refractivity contribution in [1.29, 1.82) is 0 Å². The molecular weight excluding hydrogens is 244 g/mol. The van der Waals surface area contributed by atoms with E-state index in [0.29, 0.717) is 12.1 Å². The molecule has 5 nitrogen and oxygen atoms in total. The maximum atomic E-state index is 11.9. The first-order chi connectivity index (χ1) is 8.96. The Hall–Kier alpha value is -2.04. The van der Waals surface area contributed by atoms with Crippen molar-refractivity contribution in [3.05, 3.63) is 29.8 Å². The average molecular weight is 262 g/mol. The molecule has 1 amide bonds. The minimum atomic E-state index is -0.592. The quantitative estimate of drug-likeness (QED) is 0.813. The first kappa shape index (κ1) is 13.4. The number of ether oxygens (including phenoxy) is 1. The predicted molar refractivity (Wildman–Crippen MR) is 72.2 cm³/mol. The molecule has 0 unspecified atom stereocenters. The number of nitrogens with zero attached hydrogens (tertiary/aromatic N) is 1. The van der Waals surface area contributed by atoms with Gasteiger partial charge in [-0.15, -0.1) is 0 Å². The number of benzene rings is 1. The maximum Gasteiger partial charge on any atom is 0.337 e. The fourth-order valence-corrected chi connectivity index (χ4v) is 2.25. The summed E-state index contributed by atoms with van der Waals surface area (Å²) in [5, 5.41) is 2.86. The van der Waals surface area contributed by atoms with Crippen LogP contribution in [0.15, 0.2) is 24.3 Å². The van der Waals surface area contributed by atoms with Crippen molar-refractivity contribution in [1.82, 2.24) is 5.32 Å². The Bertz CT molecular complexity index is 494. The van der Waals surface area contributed by atoms with E-state index in [1.807, 2.05) is 30.9 Å². The van der Waals surface area contributed by atoms with Gasteiger partial charge in [0, 0.05) is 18.8 Å². The molecule has 5 heteroatoms. The molecule has 1 aromatic carbocycles. The fourth-order valence-electron chi connectivity index (χ4n) is 2.25. The molecule has 0 atom stereocenters. The fraction of sp³-hybridized carbons (Fsp3) is 0.429. The number of methoxy groups -OCH3 is 1. The standard InChI is InChI=1S/C14H18N2O3/c1-14(2)13(18)15-8-9-16(14)11-6-4-10(5-7-11)12(17)19-3/h4-7H,8-9H2,1-3H3,(H,15,18). The van der Waals surface area contributed by atoms with Gasteiger partial charge in [-0.2, -0.15) is 0 Å². The van der Waals surface area contributed by atoms with Gasteiger partial charge in [-0.1, -0.05) is 0 Å². The summed E-state index contributed by atoms with van der Waals surface area (Å²) in [5.41, 5.74) is 0.836. The molecule has 0 spiro atoms. The van der Waals surface area contributed by atoms with E-state index >= 15 is 0 Å². The highest BCUT2D eigenvalue weighted by atomic mass is 16.5. The van der Waals surface area contributed by atoms with Crippen LogP contribution in [0.25, 0.3) is 0 Å². The van der Waals surface area contributed by atoms with Crippen molar-refractivity contribution in [3.63, 3.8) is 0 Å². The number of carbonyl (C=O) groups excluding carboxylic acids is 2. The highest BCUT2D eigenvalue weighted by Crippen LogP contribution is 2.26. The first-order valence-electron chi connectivity index (χ1n) is 6.21. The Morgan fingerprint density at radius 1 is 1.32 bits per heavy atom. The van der Waals surface area contributed by atoms with E-state index in [2.05, 4.69) is 10.1 Å². The summed E-state index contributed by atoms with van der Waals surface area (Å²) in [5.74, 6) is -0.349. The molecule has 1 N–H and O–H groups in total. The zero-order chi connectivity index (χ0) is 14.0. The van der Waals surface area contributed by atoms with Crippen LogP contribution in [-0.2, 0) is 9.53 Å². The number of carbonyl (C=O) groups is 2. The predicted octanol–water partition coefficient (Wildman–Crippen LogP) is 1.19. The summed E-state index contributed by atoms with van der Waals surface area (Å²) < 4.78 is 4.66. The van der Waals surface area contributed by atoms with Crippen LogP contribution in [-0.4, -0.2) is 37.6 Å². The van der Waals surface area contributed by atoms with Gasteiger partial charge in [0.1, 0.15) is 5.54 Å². The first-order valence-corrected chi connectivity index (χ1v) is 6.21. The van der Waals surface area contributed by atoms with Gasteiger partial charge < -0.3 is 15.0 Å². The van der Waals surface area contributed by atoms with Crippen LogP contribution >= 0.6 is 0 Å². The SMILES string of the molecule is COC(=O)c1ccc(N2CCNC(=O)C2(C)C)cc1. The van der Waals surface area contributed by atoms with E-state index in [1.54, 1.807) is 12.1 Å². The molecule has 0 aromatic heterocycles. The van der Waals surface area contributed by atoms with Crippen LogP contribution in [0, 0.1) is 0 Å². The summed E-state index contributed by atoms with van der Waals surface area (Å²) in [6.45, 7) is 5.14. The van der Waals surface area contributed by atoms with E-state index in [-0.39, 0.29) is 11.9 Å². The molecule has 102 valence electrons. The van der Waals surface area contributed by atoms with E-state index in [9.17, 15) is 9.59 Å². The van der Waals surface area contributed by atoms with Gasteiger partial charge in [0.2, 0.25) is 5.91 Å². The lowest BCUT2D eigenvalue weighted by Gasteiger charge is -2.42. The molecule has 1 aliphatic rings. The molecule has 2 rings (SSSR count). The lowest BCUT2D eigenvalue weighted by atomic mass is 9.97. The normalized spacial score (nSPS) is 17.8. The van der Waals surface area contributed by atoms with Crippen LogP contribution in [0.2, 0.25) is 0 Å². The van der Waals surface area contributed by atoms with Crippen molar-refractivity contribution in [3.8, 4) is 0 Å². The third-order valence-electron chi connectivity index (χ3n) is 3.45. The topological polar surface area (TPSA) is 58.6 Å². The number of esters is 1. The van der Waals surface area contributed by atoms with Gasteiger partial charge in [-0.05, 0) is 38.1 Å². The molecule has 19 heavy (non-hydrogen) atoms. The molecule has 1 heterocycles. The van der Waals surface area contributed by atoms with Gasteiger partial charge in [0.15, 0.2) is 0 Å².